The van der Waals surface area contributed by atoms with Crippen molar-refractivity contribution in [1.82, 2.24) is 4.90 Å². The summed E-state index contributed by atoms with van der Waals surface area (Å²) >= 11 is 3.26. The maximum absolute atomic E-state index is 12.6. The minimum Gasteiger partial charge on any atom is -0.399 e. The molecule has 0 saturated carbocycles. The first-order valence-corrected chi connectivity index (χ1v) is 8.04. The predicted octanol–water partition coefficient (Wildman–Crippen LogP) is 3.70. The van der Waals surface area contributed by atoms with Gasteiger partial charge in [-0.25, -0.2) is 0 Å². The first-order valence-electron chi connectivity index (χ1n) is 6.34. The van der Waals surface area contributed by atoms with Crippen LogP contribution in [-0.2, 0) is 13.1 Å². The van der Waals surface area contributed by atoms with Crippen LogP contribution in [0.3, 0.4) is 0 Å². The van der Waals surface area contributed by atoms with Gasteiger partial charge in [0, 0.05) is 28.2 Å². The fraction of sp³-hybridized carbons (Fsp3) is 0.133. The lowest BCUT2D eigenvalue weighted by atomic mass is 10.1. The maximum Gasteiger partial charge on any atom is 0.264 e. The van der Waals surface area contributed by atoms with Crippen LogP contribution in [0.5, 0.6) is 0 Å². The molecule has 1 aromatic carbocycles. The second-order valence-corrected chi connectivity index (χ2v) is 6.98. The number of nitrogens with two attached hydrogens (primary N) is 1. The highest BCUT2D eigenvalue weighted by Gasteiger charge is 2.25. The minimum absolute atomic E-state index is 0.119. The molecule has 0 unspecified atom stereocenters. The summed E-state index contributed by atoms with van der Waals surface area (Å²) in [6, 6.07) is 9.96. The lowest BCUT2D eigenvalue weighted by molar-refractivity contribution is 0.0756. The fourth-order valence-corrected chi connectivity index (χ4v) is 4.66. The van der Waals surface area contributed by atoms with Gasteiger partial charge < -0.3 is 10.6 Å². The number of thiophene rings is 2. The summed E-state index contributed by atoms with van der Waals surface area (Å²) in [6.07, 6.45) is 0. The summed E-state index contributed by atoms with van der Waals surface area (Å²) in [5, 5.41) is 2.06. The van der Waals surface area contributed by atoms with Crippen molar-refractivity contribution in [1.29, 1.82) is 0 Å². The van der Waals surface area contributed by atoms with Gasteiger partial charge in [0.25, 0.3) is 5.91 Å². The first-order chi connectivity index (χ1) is 9.70. The van der Waals surface area contributed by atoms with E-state index in [-0.39, 0.29) is 5.91 Å². The van der Waals surface area contributed by atoms with Crippen molar-refractivity contribution in [3.63, 3.8) is 0 Å². The lowest BCUT2D eigenvalue weighted by Crippen LogP contribution is -2.24. The van der Waals surface area contributed by atoms with Crippen LogP contribution in [-0.4, -0.2) is 10.8 Å². The molecule has 0 spiro atoms. The number of hydrogen-bond acceptors (Lipinski definition) is 4. The zero-order valence-electron chi connectivity index (χ0n) is 10.6. The van der Waals surface area contributed by atoms with E-state index < -0.39 is 0 Å². The molecule has 0 saturated heterocycles. The molecule has 1 aliphatic rings. The van der Waals surface area contributed by atoms with Gasteiger partial charge in [-0.3, -0.25) is 4.79 Å². The van der Waals surface area contributed by atoms with E-state index in [9.17, 15) is 4.79 Å². The molecule has 20 heavy (non-hydrogen) atoms. The highest BCUT2D eigenvalue weighted by atomic mass is 32.1. The average Bonchev–Trinajstić information content (AvgIpc) is 3.10. The number of carbonyl (C=O) groups excluding carboxylic acids is 1. The molecule has 1 amide bonds. The van der Waals surface area contributed by atoms with E-state index in [4.69, 9.17) is 5.73 Å². The topological polar surface area (TPSA) is 46.3 Å². The van der Waals surface area contributed by atoms with E-state index in [0.29, 0.717) is 13.1 Å². The largest absolute Gasteiger partial charge is 0.399 e. The third-order valence-corrected chi connectivity index (χ3v) is 5.67. The minimum atomic E-state index is 0.119. The van der Waals surface area contributed by atoms with Gasteiger partial charge in [0.05, 0.1) is 4.88 Å². The van der Waals surface area contributed by atoms with E-state index in [1.165, 1.54) is 15.0 Å². The molecule has 2 N–H and O–H groups in total. The average molecular weight is 300 g/mol. The van der Waals surface area contributed by atoms with Crippen LogP contribution in [0.1, 0.15) is 20.8 Å². The number of rotatable bonds is 1. The summed E-state index contributed by atoms with van der Waals surface area (Å²) in [5.41, 5.74) is 8.92. The molecule has 0 atom stereocenters. The van der Waals surface area contributed by atoms with E-state index >= 15 is 0 Å². The van der Waals surface area contributed by atoms with Crippen molar-refractivity contribution >= 4 is 43.7 Å². The van der Waals surface area contributed by atoms with Crippen molar-refractivity contribution < 1.29 is 4.79 Å². The number of nitrogen functional groups attached to an aromatic ring is 1. The molecular formula is C15H12N2OS2. The van der Waals surface area contributed by atoms with Crippen molar-refractivity contribution in [3.8, 4) is 0 Å². The number of nitrogens with zero attached hydrogens (tertiary/aromatic N) is 1. The zero-order chi connectivity index (χ0) is 13.7. The van der Waals surface area contributed by atoms with Crippen LogP contribution in [0, 0.1) is 0 Å². The molecule has 3 nitrogen and oxygen atoms in total. The molecule has 1 aliphatic heterocycles. The molecule has 3 heterocycles. The molecule has 2 aromatic heterocycles. The quantitative estimate of drug-likeness (QED) is 0.697. The SMILES string of the molecule is Nc1ccc2c(c1)CN(C(=O)c1cc3sccc3s1)C2. The van der Waals surface area contributed by atoms with Crippen molar-refractivity contribution in [2.24, 2.45) is 0 Å². The smallest absolute Gasteiger partial charge is 0.264 e. The van der Waals surface area contributed by atoms with Crippen LogP contribution in [0.2, 0.25) is 0 Å². The standard InChI is InChI=1S/C15H12N2OS2/c16-11-2-1-9-7-17(8-10(9)5-11)15(18)14-6-13-12(20-14)3-4-19-13/h1-6H,7-8,16H2. The Kier molecular flexibility index (Phi) is 2.58. The third kappa shape index (κ3) is 1.82. The van der Waals surface area contributed by atoms with Gasteiger partial charge in [-0.15, -0.1) is 22.7 Å². The van der Waals surface area contributed by atoms with Gasteiger partial charge in [0.15, 0.2) is 0 Å². The molecule has 0 fully saturated rings. The Labute approximate surface area is 124 Å². The number of hydrogen-bond donors (Lipinski definition) is 1. The maximum atomic E-state index is 12.6. The second-order valence-electron chi connectivity index (χ2n) is 4.95. The number of amides is 1. The lowest BCUT2D eigenvalue weighted by Gasteiger charge is -2.13. The molecular weight excluding hydrogens is 288 g/mol. The number of anilines is 1. The Bertz CT molecular complexity index is 790. The second kappa shape index (κ2) is 4.33. The van der Waals surface area contributed by atoms with Gasteiger partial charge in [-0.1, -0.05) is 6.07 Å². The number of fused-ring (bicyclic) bond motifs is 2. The fourth-order valence-electron chi connectivity index (χ4n) is 2.59. The van der Waals surface area contributed by atoms with Crippen LogP contribution in [0.25, 0.3) is 9.40 Å². The molecule has 100 valence electrons. The van der Waals surface area contributed by atoms with E-state index in [2.05, 4.69) is 11.4 Å². The van der Waals surface area contributed by atoms with E-state index in [0.717, 1.165) is 16.1 Å². The highest BCUT2D eigenvalue weighted by molar-refractivity contribution is 7.27. The Morgan fingerprint density at radius 1 is 1.10 bits per heavy atom. The van der Waals surface area contributed by atoms with Crippen LogP contribution in [0.4, 0.5) is 5.69 Å². The third-order valence-electron chi connectivity index (χ3n) is 3.59. The Balaban J connectivity index is 1.63. The molecule has 0 aliphatic carbocycles. The Hall–Kier alpha value is -1.85. The zero-order valence-corrected chi connectivity index (χ0v) is 12.3. The molecule has 0 bridgehead atoms. The van der Waals surface area contributed by atoms with Crippen molar-refractivity contribution in [2.45, 2.75) is 13.1 Å². The number of benzene rings is 1. The van der Waals surface area contributed by atoms with E-state index in [1.54, 1.807) is 22.7 Å². The Morgan fingerprint density at radius 3 is 2.80 bits per heavy atom. The van der Waals surface area contributed by atoms with E-state index in [1.807, 2.05) is 29.2 Å². The normalized spacial score (nSPS) is 13.9. The summed E-state index contributed by atoms with van der Waals surface area (Å²) in [7, 11) is 0. The van der Waals surface area contributed by atoms with Crippen molar-refractivity contribution in [3.05, 3.63) is 51.7 Å². The van der Waals surface area contributed by atoms with Crippen LogP contribution < -0.4 is 5.73 Å². The summed E-state index contributed by atoms with van der Waals surface area (Å²) in [4.78, 5) is 15.3. The summed E-state index contributed by atoms with van der Waals surface area (Å²) in [6.45, 7) is 1.34. The van der Waals surface area contributed by atoms with Gasteiger partial charge in [-0.05, 0) is 40.8 Å². The van der Waals surface area contributed by atoms with Gasteiger partial charge >= 0.3 is 0 Å². The summed E-state index contributed by atoms with van der Waals surface area (Å²) < 4.78 is 2.39. The molecule has 5 heteroatoms. The van der Waals surface area contributed by atoms with Crippen LogP contribution in [0.15, 0.2) is 35.7 Å². The number of carbonyl (C=O) groups is 1. The Morgan fingerprint density at radius 2 is 1.95 bits per heavy atom. The predicted molar refractivity (Wildman–Crippen MR) is 84.1 cm³/mol. The molecule has 4 rings (SSSR count). The monoisotopic (exact) mass is 300 g/mol. The van der Waals surface area contributed by atoms with Crippen LogP contribution >= 0.6 is 22.7 Å². The van der Waals surface area contributed by atoms with Gasteiger partial charge in [0.1, 0.15) is 0 Å². The molecule has 3 aromatic rings. The molecule has 0 radical (unpaired) electrons. The van der Waals surface area contributed by atoms with Gasteiger partial charge in [-0.2, -0.15) is 0 Å². The summed E-state index contributed by atoms with van der Waals surface area (Å²) in [5.74, 6) is 0.119. The van der Waals surface area contributed by atoms with Crippen molar-refractivity contribution in [2.75, 3.05) is 5.73 Å². The van der Waals surface area contributed by atoms with Gasteiger partial charge in [0.2, 0.25) is 0 Å². The highest BCUT2D eigenvalue weighted by Crippen LogP contribution is 2.33. The first kappa shape index (κ1) is 11.9.